The fourth-order valence-corrected chi connectivity index (χ4v) is 2.16. The van der Waals surface area contributed by atoms with Crippen molar-refractivity contribution in [2.24, 2.45) is 0 Å². The molecular formula is C17H34O. The summed E-state index contributed by atoms with van der Waals surface area (Å²) in [4.78, 5) is 0. The van der Waals surface area contributed by atoms with E-state index in [2.05, 4.69) is 26.0 Å². The second kappa shape index (κ2) is 14.8. The van der Waals surface area contributed by atoms with E-state index in [-0.39, 0.29) is 6.10 Å². The molecule has 1 N–H and O–H groups in total. The first-order chi connectivity index (χ1) is 8.81. The van der Waals surface area contributed by atoms with E-state index < -0.39 is 0 Å². The zero-order valence-electron chi connectivity index (χ0n) is 12.7. The first-order valence-corrected chi connectivity index (χ1v) is 8.14. The maximum atomic E-state index is 9.77. The Kier molecular flexibility index (Phi) is 14.5. The van der Waals surface area contributed by atoms with Crippen LogP contribution in [0.15, 0.2) is 12.2 Å². The van der Waals surface area contributed by atoms with E-state index >= 15 is 0 Å². The second-order valence-corrected chi connectivity index (χ2v) is 5.41. The quantitative estimate of drug-likeness (QED) is 0.334. The summed E-state index contributed by atoms with van der Waals surface area (Å²) < 4.78 is 0. The Bertz CT molecular complexity index is 174. The number of aliphatic hydroxyl groups is 1. The van der Waals surface area contributed by atoms with Crippen molar-refractivity contribution in [3.63, 3.8) is 0 Å². The first-order valence-electron chi connectivity index (χ1n) is 8.14. The van der Waals surface area contributed by atoms with E-state index in [1.165, 1.54) is 64.2 Å². The lowest BCUT2D eigenvalue weighted by Gasteiger charge is -2.06. The Morgan fingerprint density at radius 3 is 2.06 bits per heavy atom. The molecule has 18 heavy (non-hydrogen) atoms. The molecule has 0 aliphatic heterocycles. The lowest BCUT2D eigenvalue weighted by atomic mass is 10.1. The summed E-state index contributed by atoms with van der Waals surface area (Å²) in [6.07, 6.45) is 19.1. The molecule has 0 heterocycles. The summed E-state index contributed by atoms with van der Waals surface area (Å²) in [7, 11) is 0. The summed E-state index contributed by atoms with van der Waals surface area (Å²) in [6, 6.07) is 0. The van der Waals surface area contributed by atoms with Crippen LogP contribution in [-0.2, 0) is 0 Å². The van der Waals surface area contributed by atoms with E-state index in [1.54, 1.807) is 0 Å². The van der Waals surface area contributed by atoms with Gasteiger partial charge in [-0.3, -0.25) is 0 Å². The van der Waals surface area contributed by atoms with Crippen molar-refractivity contribution in [3.8, 4) is 0 Å². The molecule has 1 atom stereocenters. The molecule has 0 saturated carbocycles. The molecule has 0 fully saturated rings. The minimum absolute atomic E-state index is 0.113. The molecule has 0 aromatic heterocycles. The average Bonchev–Trinajstić information content (AvgIpc) is 2.38. The highest BCUT2D eigenvalue weighted by atomic mass is 16.3. The predicted octanol–water partition coefficient (Wildman–Crippen LogP) is 5.62. The van der Waals surface area contributed by atoms with Gasteiger partial charge in [0.05, 0.1) is 6.10 Å². The summed E-state index contributed by atoms with van der Waals surface area (Å²) in [5, 5.41) is 9.77. The van der Waals surface area contributed by atoms with E-state index in [9.17, 15) is 5.11 Å². The molecule has 0 amide bonds. The van der Waals surface area contributed by atoms with Gasteiger partial charge in [-0.05, 0) is 25.7 Å². The van der Waals surface area contributed by atoms with Gasteiger partial charge in [0.25, 0.3) is 0 Å². The van der Waals surface area contributed by atoms with Crippen LogP contribution in [0.5, 0.6) is 0 Å². The van der Waals surface area contributed by atoms with Gasteiger partial charge in [0, 0.05) is 0 Å². The van der Waals surface area contributed by atoms with Crippen LogP contribution in [0.4, 0.5) is 0 Å². The van der Waals surface area contributed by atoms with Crippen molar-refractivity contribution in [2.75, 3.05) is 0 Å². The number of hydrogen-bond acceptors (Lipinski definition) is 1. The van der Waals surface area contributed by atoms with Gasteiger partial charge in [-0.25, -0.2) is 0 Å². The Morgan fingerprint density at radius 1 is 0.778 bits per heavy atom. The van der Waals surface area contributed by atoms with E-state index in [4.69, 9.17) is 0 Å². The molecule has 0 aliphatic carbocycles. The minimum Gasteiger partial charge on any atom is -0.393 e. The summed E-state index contributed by atoms with van der Waals surface area (Å²) in [5.41, 5.74) is 0. The molecule has 0 unspecified atom stereocenters. The van der Waals surface area contributed by atoms with Crippen LogP contribution in [0.25, 0.3) is 0 Å². The van der Waals surface area contributed by atoms with Crippen LogP contribution in [0.2, 0.25) is 0 Å². The SMILES string of the molecule is CCCCCCC/C=C\C[C@H](O)CCCCCC. The zero-order valence-corrected chi connectivity index (χ0v) is 12.7. The van der Waals surface area contributed by atoms with Gasteiger partial charge in [-0.15, -0.1) is 0 Å². The van der Waals surface area contributed by atoms with Crippen molar-refractivity contribution in [3.05, 3.63) is 12.2 Å². The minimum atomic E-state index is -0.113. The van der Waals surface area contributed by atoms with Gasteiger partial charge < -0.3 is 5.11 Å². The largest absolute Gasteiger partial charge is 0.393 e. The number of rotatable bonds is 13. The molecule has 0 aromatic carbocycles. The molecule has 0 radical (unpaired) electrons. The van der Waals surface area contributed by atoms with Gasteiger partial charge in [0.1, 0.15) is 0 Å². The molecule has 0 bridgehead atoms. The van der Waals surface area contributed by atoms with Gasteiger partial charge in [0.15, 0.2) is 0 Å². The fourth-order valence-electron chi connectivity index (χ4n) is 2.16. The summed E-state index contributed by atoms with van der Waals surface area (Å²) in [5.74, 6) is 0. The highest BCUT2D eigenvalue weighted by Crippen LogP contribution is 2.09. The van der Waals surface area contributed by atoms with Crippen molar-refractivity contribution in [1.82, 2.24) is 0 Å². The van der Waals surface area contributed by atoms with Gasteiger partial charge in [-0.1, -0.05) is 77.4 Å². The van der Waals surface area contributed by atoms with Crippen LogP contribution in [-0.4, -0.2) is 11.2 Å². The Hall–Kier alpha value is -0.300. The monoisotopic (exact) mass is 254 g/mol. The molecule has 108 valence electrons. The third-order valence-electron chi connectivity index (χ3n) is 3.44. The molecule has 0 rings (SSSR count). The number of hydrogen-bond donors (Lipinski definition) is 1. The summed E-state index contributed by atoms with van der Waals surface area (Å²) >= 11 is 0. The standard InChI is InChI=1S/C17H34O/c1-3-5-7-9-10-11-12-14-16-17(18)15-13-8-6-4-2/h12,14,17-18H,3-11,13,15-16H2,1-2H3/b14-12-/t17-/m1/s1. The number of unbranched alkanes of at least 4 members (excludes halogenated alkanes) is 8. The number of allylic oxidation sites excluding steroid dienone is 1. The Labute approximate surface area is 115 Å². The van der Waals surface area contributed by atoms with Crippen molar-refractivity contribution < 1.29 is 5.11 Å². The maximum absolute atomic E-state index is 9.77. The van der Waals surface area contributed by atoms with E-state index in [0.717, 1.165) is 12.8 Å². The van der Waals surface area contributed by atoms with Crippen LogP contribution in [0.3, 0.4) is 0 Å². The molecule has 0 spiro atoms. The van der Waals surface area contributed by atoms with Crippen molar-refractivity contribution in [2.45, 2.75) is 97.0 Å². The molecular weight excluding hydrogens is 220 g/mol. The van der Waals surface area contributed by atoms with Crippen LogP contribution in [0, 0.1) is 0 Å². The van der Waals surface area contributed by atoms with Gasteiger partial charge >= 0.3 is 0 Å². The van der Waals surface area contributed by atoms with Crippen molar-refractivity contribution >= 4 is 0 Å². The van der Waals surface area contributed by atoms with Gasteiger partial charge in [0.2, 0.25) is 0 Å². The Morgan fingerprint density at radius 2 is 1.39 bits per heavy atom. The van der Waals surface area contributed by atoms with Crippen LogP contribution < -0.4 is 0 Å². The van der Waals surface area contributed by atoms with Crippen molar-refractivity contribution in [1.29, 1.82) is 0 Å². The molecule has 0 saturated heterocycles. The summed E-state index contributed by atoms with van der Waals surface area (Å²) in [6.45, 7) is 4.47. The average molecular weight is 254 g/mol. The van der Waals surface area contributed by atoms with Gasteiger partial charge in [-0.2, -0.15) is 0 Å². The second-order valence-electron chi connectivity index (χ2n) is 5.41. The van der Waals surface area contributed by atoms with E-state index in [1.807, 2.05) is 0 Å². The van der Waals surface area contributed by atoms with Crippen LogP contribution >= 0.6 is 0 Å². The molecule has 0 aliphatic rings. The lowest BCUT2D eigenvalue weighted by molar-refractivity contribution is 0.163. The topological polar surface area (TPSA) is 20.2 Å². The molecule has 1 nitrogen and oxygen atoms in total. The van der Waals surface area contributed by atoms with Crippen LogP contribution in [0.1, 0.15) is 90.9 Å². The molecule has 0 aromatic rings. The highest BCUT2D eigenvalue weighted by Gasteiger charge is 2.00. The third kappa shape index (κ3) is 13.8. The first kappa shape index (κ1) is 17.7. The zero-order chi connectivity index (χ0) is 13.5. The third-order valence-corrected chi connectivity index (χ3v) is 3.44. The normalized spacial score (nSPS) is 13.3. The smallest absolute Gasteiger partial charge is 0.0574 e. The predicted molar refractivity (Wildman–Crippen MR) is 81.9 cm³/mol. The maximum Gasteiger partial charge on any atom is 0.0574 e. The Balaban J connectivity index is 3.23. The van der Waals surface area contributed by atoms with E-state index in [0.29, 0.717) is 0 Å². The number of aliphatic hydroxyl groups excluding tert-OH is 1. The lowest BCUT2D eigenvalue weighted by Crippen LogP contribution is -2.04. The molecule has 1 heteroatoms. The highest BCUT2D eigenvalue weighted by molar-refractivity contribution is 4.83. The fraction of sp³-hybridized carbons (Fsp3) is 0.882.